The highest BCUT2D eigenvalue weighted by Gasteiger charge is 2.34. The van der Waals surface area contributed by atoms with Crippen molar-refractivity contribution in [3.63, 3.8) is 0 Å². The first-order valence-corrected chi connectivity index (χ1v) is 15.4. The molecule has 0 saturated carbocycles. The smallest absolute Gasteiger partial charge is 0.264 e. The minimum absolute atomic E-state index is 0.0200. The third kappa shape index (κ3) is 7.42. The highest BCUT2D eigenvalue weighted by Crippen LogP contribution is 2.32. The van der Waals surface area contributed by atoms with Gasteiger partial charge in [0.15, 0.2) is 0 Å². The summed E-state index contributed by atoms with van der Waals surface area (Å²) in [6, 6.07) is 14.5. The number of sulfonamides is 1. The number of hydrogen-bond acceptors (Lipinski definition) is 4. The summed E-state index contributed by atoms with van der Waals surface area (Å²) in [5, 5.41) is 3.70. The molecule has 1 atom stereocenters. The zero-order chi connectivity index (χ0) is 29.6. The second-order valence-electron chi connectivity index (χ2n) is 8.96. The average molecular weight is 645 g/mol. The summed E-state index contributed by atoms with van der Waals surface area (Å²) in [6.07, 6.45) is 0.261. The minimum atomic E-state index is -4.25. The number of benzene rings is 3. The molecule has 1 N–H and O–H groups in total. The molecule has 0 aromatic heterocycles. The number of nitrogens with one attached hydrogen (secondary N) is 1. The summed E-state index contributed by atoms with van der Waals surface area (Å²) in [4.78, 5) is 28.4. The summed E-state index contributed by atoms with van der Waals surface area (Å²) in [7, 11) is -4.25. The third-order valence-corrected chi connectivity index (χ3v) is 9.44. The molecule has 214 valence electrons. The maximum atomic E-state index is 14.0. The SMILES string of the molecule is CCNC(=O)[C@H](CC)N(Cc1c(Cl)cccc1Cl)C(=O)CN(c1ccc(Cl)c(Cl)c1)S(=O)(=O)c1ccc(C)cc1. The van der Waals surface area contributed by atoms with Crippen LogP contribution in [-0.2, 0) is 26.2 Å². The number of amides is 2. The van der Waals surface area contributed by atoms with Crippen LogP contribution in [-0.4, -0.2) is 44.3 Å². The molecule has 0 spiro atoms. The lowest BCUT2D eigenvalue weighted by Crippen LogP contribution is -2.52. The second-order valence-corrected chi connectivity index (χ2v) is 12.5. The van der Waals surface area contributed by atoms with Crippen molar-refractivity contribution in [2.75, 3.05) is 17.4 Å². The van der Waals surface area contributed by atoms with Gasteiger partial charge in [0.25, 0.3) is 10.0 Å². The molecule has 0 radical (unpaired) electrons. The fraction of sp³-hybridized carbons (Fsp3) is 0.286. The van der Waals surface area contributed by atoms with Gasteiger partial charge in [-0.1, -0.05) is 77.1 Å². The number of aryl methyl sites for hydroxylation is 1. The van der Waals surface area contributed by atoms with Gasteiger partial charge in [0.2, 0.25) is 11.8 Å². The number of likely N-dealkylation sites (N-methyl/N-ethyl adjacent to an activating group) is 1. The van der Waals surface area contributed by atoms with Crippen LogP contribution < -0.4 is 9.62 Å². The van der Waals surface area contributed by atoms with E-state index in [0.717, 1.165) is 9.87 Å². The van der Waals surface area contributed by atoms with Crippen LogP contribution >= 0.6 is 46.4 Å². The van der Waals surface area contributed by atoms with E-state index in [9.17, 15) is 18.0 Å². The Kier molecular flexibility index (Phi) is 11.1. The van der Waals surface area contributed by atoms with Crippen molar-refractivity contribution in [3.8, 4) is 0 Å². The third-order valence-electron chi connectivity index (χ3n) is 6.21. The molecule has 3 aromatic rings. The molecular weight excluding hydrogens is 616 g/mol. The highest BCUT2D eigenvalue weighted by atomic mass is 35.5. The fourth-order valence-corrected chi connectivity index (χ4v) is 6.29. The van der Waals surface area contributed by atoms with Gasteiger partial charge in [-0.2, -0.15) is 0 Å². The van der Waals surface area contributed by atoms with Crippen LogP contribution in [0.4, 0.5) is 5.69 Å². The Bertz CT molecular complexity index is 1460. The first-order valence-electron chi connectivity index (χ1n) is 12.4. The molecule has 3 rings (SSSR count). The van der Waals surface area contributed by atoms with E-state index in [1.165, 1.54) is 35.2 Å². The Hall–Kier alpha value is -2.49. The number of carbonyl (C=O) groups excluding carboxylic acids is 2. The number of carbonyl (C=O) groups is 2. The maximum absolute atomic E-state index is 14.0. The lowest BCUT2D eigenvalue weighted by atomic mass is 10.1. The highest BCUT2D eigenvalue weighted by molar-refractivity contribution is 7.92. The normalized spacial score (nSPS) is 12.1. The summed E-state index contributed by atoms with van der Waals surface area (Å²) in [5.74, 6) is -1.03. The first kappa shape index (κ1) is 32.0. The van der Waals surface area contributed by atoms with Crippen molar-refractivity contribution < 1.29 is 18.0 Å². The van der Waals surface area contributed by atoms with E-state index in [1.54, 1.807) is 44.2 Å². The van der Waals surface area contributed by atoms with Crippen molar-refractivity contribution in [3.05, 3.63) is 91.9 Å². The predicted octanol–water partition coefficient (Wildman–Crippen LogP) is 6.75. The van der Waals surface area contributed by atoms with E-state index in [4.69, 9.17) is 46.4 Å². The summed E-state index contributed by atoms with van der Waals surface area (Å²) in [5.41, 5.74) is 1.43. The number of rotatable bonds is 11. The van der Waals surface area contributed by atoms with Gasteiger partial charge in [-0.05, 0) is 62.7 Å². The molecule has 2 amide bonds. The van der Waals surface area contributed by atoms with Crippen LogP contribution in [0.3, 0.4) is 0 Å². The molecule has 40 heavy (non-hydrogen) atoms. The van der Waals surface area contributed by atoms with Gasteiger partial charge in [0, 0.05) is 28.7 Å². The zero-order valence-electron chi connectivity index (χ0n) is 22.1. The van der Waals surface area contributed by atoms with Crippen LogP contribution in [0.15, 0.2) is 65.6 Å². The van der Waals surface area contributed by atoms with Crippen molar-refractivity contribution in [2.24, 2.45) is 0 Å². The van der Waals surface area contributed by atoms with Gasteiger partial charge in [-0.25, -0.2) is 8.42 Å². The van der Waals surface area contributed by atoms with E-state index in [1.807, 2.05) is 6.92 Å². The molecule has 0 saturated heterocycles. The second kappa shape index (κ2) is 13.9. The Balaban J connectivity index is 2.12. The Morgan fingerprint density at radius 3 is 2.05 bits per heavy atom. The number of hydrogen-bond donors (Lipinski definition) is 1. The first-order chi connectivity index (χ1) is 18.9. The molecule has 12 heteroatoms. The van der Waals surface area contributed by atoms with Gasteiger partial charge < -0.3 is 10.2 Å². The summed E-state index contributed by atoms with van der Waals surface area (Å²) in [6.45, 7) is 4.96. The van der Waals surface area contributed by atoms with Crippen LogP contribution in [0.5, 0.6) is 0 Å². The van der Waals surface area contributed by atoms with Crippen LogP contribution in [0, 0.1) is 6.92 Å². The van der Waals surface area contributed by atoms with Crippen LogP contribution in [0.1, 0.15) is 31.4 Å². The molecule has 0 bridgehead atoms. The predicted molar refractivity (Wildman–Crippen MR) is 162 cm³/mol. The number of halogens is 4. The van der Waals surface area contributed by atoms with Crippen LogP contribution in [0.25, 0.3) is 0 Å². The van der Waals surface area contributed by atoms with Gasteiger partial charge in [0.1, 0.15) is 12.6 Å². The molecule has 7 nitrogen and oxygen atoms in total. The maximum Gasteiger partial charge on any atom is 0.264 e. The zero-order valence-corrected chi connectivity index (χ0v) is 26.0. The van der Waals surface area contributed by atoms with Crippen molar-refractivity contribution >= 4 is 73.9 Å². The fourth-order valence-electron chi connectivity index (χ4n) is 4.07. The van der Waals surface area contributed by atoms with Gasteiger partial charge in [-0.3, -0.25) is 13.9 Å². The van der Waals surface area contributed by atoms with E-state index >= 15 is 0 Å². The number of nitrogens with zero attached hydrogens (tertiary/aromatic N) is 2. The topological polar surface area (TPSA) is 86.8 Å². The molecule has 0 aliphatic carbocycles. The van der Waals surface area contributed by atoms with Gasteiger partial charge >= 0.3 is 0 Å². The molecular formula is C28H29Cl4N3O4S. The van der Waals surface area contributed by atoms with Gasteiger partial charge in [-0.15, -0.1) is 0 Å². The molecule has 0 aliphatic rings. The standard InChI is InChI=1S/C28H29Cl4N3O4S/c1-4-26(28(37)33-5-2)34(16-21-22(29)7-6-8-23(21)30)27(36)17-35(19-11-14-24(31)25(32)15-19)40(38,39)20-12-9-18(3)10-13-20/h6-15,26H,4-5,16-17H2,1-3H3,(H,33,37)/t26-/m0/s1. The largest absolute Gasteiger partial charge is 0.355 e. The van der Waals surface area contributed by atoms with E-state index in [0.29, 0.717) is 22.2 Å². The Labute approximate surface area is 255 Å². The van der Waals surface area contributed by atoms with Gasteiger partial charge in [0.05, 0.1) is 20.6 Å². The van der Waals surface area contributed by atoms with Crippen molar-refractivity contribution in [1.29, 1.82) is 0 Å². The van der Waals surface area contributed by atoms with Crippen LogP contribution in [0.2, 0.25) is 20.1 Å². The lowest BCUT2D eigenvalue weighted by Gasteiger charge is -2.33. The summed E-state index contributed by atoms with van der Waals surface area (Å²) < 4.78 is 28.7. The molecule has 0 aliphatic heterocycles. The van der Waals surface area contributed by atoms with E-state index in [2.05, 4.69) is 5.32 Å². The lowest BCUT2D eigenvalue weighted by molar-refractivity contribution is -0.140. The summed E-state index contributed by atoms with van der Waals surface area (Å²) >= 11 is 25.1. The molecule has 3 aromatic carbocycles. The monoisotopic (exact) mass is 643 g/mol. The number of anilines is 1. The molecule has 0 fully saturated rings. The quantitative estimate of drug-likeness (QED) is 0.250. The minimum Gasteiger partial charge on any atom is -0.355 e. The Morgan fingerprint density at radius 1 is 0.875 bits per heavy atom. The average Bonchev–Trinajstić information content (AvgIpc) is 2.90. The van der Waals surface area contributed by atoms with E-state index < -0.39 is 28.5 Å². The van der Waals surface area contributed by atoms with Crippen molar-refractivity contribution in [2.45, 2.75) is 44.7 Å². The molecule has 0 heterocycles. The van der Waals surface area contributed by atoms with Crippen molar-refractivity contribution in [1.82, 2.24) is 10.2 Å². The molecule has 0 unspecified atom stereocenters. The van der Waals surface area contributed by atoms with E-state index in [-0.39, 0.29) is 39.5 Å². The Morgan fingerprint density at radius 2 is 1.50 bits per heavy atom.